The van der Waals surface area contributed by atoms with Crippen LogP contribution in [-0.2, 0) is 9.53 Å². The zero-order valence-electron chi connectivity index (χ0n) is 14.0. The molecule has 1 aromatic heterocycles. The largest absolute Gasteiger partial charge is 0.368 e. The Hall–Kier alpha value is -1.69. The summed E-state index contributed by atoms with van der Waals surface area (Å²) in [4.78, 5) is 24.8. The van der Waals surface area contributed by atoms with E-state index < -0.39 is 0 Å². The van der Waals surface area contributed by atoms with Gasteiger partial charge in [-0.3, -0.25) is 4.79 Å². The van der Waals surface area contributed by atoms with Crippen LogP contribution in [0.4, 0.5) is 5.95 Å². The standard InChI is InChI=1S/C16H26N4O2/c1-5-22-14(13-6-7-13)15(21)19(3)10-11-20(4)16-17-9-8-12(2)18-16/h8-9,13-14H,5-7,10-11H2,1-4H3. The lowest BCUT2D eigenvalue weighted by Crippen LogP contribution is -2.42. The van der Waals surface area contributed by atoms with Crippen molar-refractivity contribution in [3.8, 4) is 0 Å². The second-order valence-electron chi connectivity index (χ2n) is 5.89. The minimum atomic E-state index is -0.268. The number of hydrogen-bond donors (Lipinski definition) is 0. The normalized spacial score (nSPS) is 15.5. The number of anilines is 1. The number of nitrogens with zero attached hydrogens (tertiary/aromatic N) is 4. The Labute approximate surface area is 132 Å². The lowest BCUT2D eigenvalue weighted by atomic mass is 10.2. The molecule has 6 heteroatoms. The molecule has 2 rings (SSSR count). The number of hydrogen-bond acceptors (Lipinski definition) is 5. The first-order valence-electron chi connectivity index (χ1n) is 7.90. The van der Waals surface area contributed by atoms with Crippen molar-refractivity contribution in [1.29, 1.82) is 0 Å². The lowest BCUT2D eigenvalue weighted by molar-refractivity contribution is -0.143. The first-order valence-corrected chi connectivity index (χ1v) is 7.90. The van der Waals surface area contributed by atoms with Crippen molar-refractivity contribution in [2.75, 3.05) is 38.7 Å². The summed E-state index contributed by atoms with van der Waals surface area (Å²) in [6, 6.07) is 1.87. The molecule has 122 valence electrons. The number of aromatic nitrogens is 2. The van der Waals surface area contributed by atoms with E-state index in [9.17, 15) is 4.79 Å². The van der Waals surface area contributed by atoms with Gasteiger partial charge < -0.3 is 14.5 Å². The van der Waals surface area contributed by atoms with Gasteiger partial charge in [-0.15, -0.1) is 0 Å². The highest BCUT2D eigenvalue weighted by molar-refractivity contribution is 5.81. The van der Waals surface area contributed by atoms with Gasteiger partial charge in [-0.05, 0) is 38.7 Å². The van der Waals surface area contributed by atoms with Gasteiger partial charge in [0.2, 0.25) is 5.95 Å². The Kier molecular flexibility index (Phi) is 5.71. The lowest BCUT2D eigenvalue weighted by Gasteiger charge is -2.26. The molecule has 0 saturated heterocycles. The SMILES string of the molecule is CCOC(C(=O)N(C)CCN(C)c1nccc(C)n1)C1CC1. The molecule has 1 aromatic rings. The number of likely N-dealkylation sites (N-methyl/N-ethyl adjacent to an activating group) is 2. The maximum atomic E-state index is 12.5. The van der Waals surface area contributed by atoms with Crippen LogP contribution in [0.25, 0.3) is 0 Å². The minimum Gasteiger partial charge on any atom is -0.368 e. The van der Waals surface area contributed by atoms with Crippen molar-refractivity contribution in [3.63, 3.8) is 0 Å². The fraction of sp³-hybridized carbons (Fsp3) is 0.688. The predicted octanol–water partition coefficient (Wildman–Crippen LogP) is 1.49. The summed E-state index contributed by atoms with van der Waals surface area (Å²) >= 11 is 0. The van der Waals surface area contributed by atoms with Gasteiger partial charge in [0.25, 0.3) is 5.91 Å². The Balaban J connectivity index is 1.85. The Morgan fingerprint density at radius 2 is 2.14 bits per heavy atom. The summed E-state index contributed by atoms with van der Waals surface area (Å²) in [5.41, 5.74) is 0.937. The zero-order valence-corrected chi connectivity index (χ0v) is 14.0. The molecule has 1 atom stereocenters. The molecular formula is C16H26N4O2. The third-order valence-corrected chi connectivity index (χ3v) is 3.91. The average Bonchev–Trinajstić information content (AvgIpc) is 3.34. The molecule has 1 heterocycles. The minimum absolute atomic E-state index is 0.0860. The van der Waals surface area contributed by atoms with Gasteiger partial charge in [-0.25, -0.2) is 9.97 Å². The van der Waals surface area contributed by atoms with E-state index >= 15 is 0 Å². The van der Waals surface area contributed by atoms with E-state index in [4.69, 9.17) is 4.74 Å². The highest BCUT2D eigenvalue weighted by Crippen LogP contribution is 2.35. The molecule has 0 N–H and O–H groups in total. The highest BCUT2D eigenvalue weighted by atomic mass is 16.5. The molecule has 0 spiro atoms. The van der Waals surface area contributed by atoms with Crippen molar-refractivity contribution in [1.82, 2.24) is 14.9 Å². The van der Waals surface area contributed by atoms with E-state index in [1.165, 1.54) is 0 Å². The number of ether oxygens (including phenoxy) is 1. The molecule has 1 unspecified atom stereocenters. The molecule has 1 aliphatic rings. The monoisotopic (exact) mass is 306 g/mol. The molecule has 0 aliphatic heterocycles. The predicted molar refractivity (Wildman–Crippen MR) is 85.8 cm³/mol. The maximum Gasteiger partial charge on any atom is 0.251 e. The molecule has 6 nitrogen and oxygen atoms in total. The van der Waals surface area contributed by atoms with Crippen molar-refractivity contribution in [3.05, 3.63) is 18.0 Å². The number of carbonyl (C=O) groups is 1. The summed E-state index contributed by atoms with van der Waals surface area (Å²) in [5, 5.41) is 0. The van der Waals surface area contributed by atoms with Crippen LogP contribution in [0.3, 0.4) is 0 Å². The second kappa shape index (κ2) is 7.54. The quantitative estimate of drug-likeness (QED) is 0.728. The van der Waals surface area contributed by atoms with Gasteiger partial charge >= 0.3 is 0 Å². The topological polar surface area (TPSA) is 58.6 Å². The molecule has 0 aromatic carbocycles. The van der Waals surface area contributed by atoms with E-state index in [1.54, 1.807) is 11.1 Å². The van der Waals surface area contributed by atoms with Gasteiger partial charge in [0.05, 0.1) is 0 Å². The van der Waals surface area contributed by atoms with Crippen molar-refractivity contribution >= 4 is 11.9 Å². The van der Waals surface area contributed by atoms with E-state index in [2.05, 4.69) is 9.97 Å². The first-order chi connectivity index (χ1) is 10.5. The molecule has 1 fully saturated rings. The van der Waals surface area contributed by atoms with E-state index in [0.29, 0.717) is 31.6 Å². The Morgan fingerprint density at radius 1 is 1.41 bits per heavy atom. The summed E-state index contributed by atoms with van der Waals surface area (Å²) in [5.74, 6) is 1.18. The van der Waals surface area contributed by atoms with Gasteiger partial charge in [-0.1, -0.05) is 0 Å². The van der Waals surface area contributed by atoms with Crippen LogP contribution in [0.2, 0.25) is 0 Å². The number of amides is 1. The summed E-state index contributed by atoms with van der Waals surface area (Å²) < 4.78 is 5.63. The van der Waals surface area contributed by atoms with E-state index in [-0.39, 0.29) is 12.0 Å². The zero-order chi connectivity index (χ0) is 16.1. The Morgan fingerprint density at radius 3 is 2.73 bits per heavy atom. The fourth-order valence-corrected chi connectivity index (χ4v) is 2.33. The van der Waals surface area contributed by atoms with E-state index in [1.807, 2.05) is 38.9 Å². The summed E-state index contributed by atoms with van der Waals surface area (Å²) in [6.45, 7) is 5.78. The van der Waals surface area contributed by atoms with Crippen LogP contribution in [0.5, 0.6) is 0 Å². The molecule has 1 saturated carbocycles. The van der Waals surface area contributed by atoms with Crippen LogP contribution in [0, 0.1) is 12.8 Å². The fourth-order valence-electron chi connectivity index (χ4n) is 2.33. The van der Waals surface area contributed by atoms with Crippen LogP contribution >= 0.6 is 0 Å². The first kappa shape index (κ1) is 16.7. The molecule has 1 aliphatic carbocycles. The van der Waals surface area contributed by atoms with Crippen molar-refractivity contribution in [2.45, 2.75) is 32.8 Å². The van der Waals surface area contributed by atoms with Crippen LogP contribution < -0.4 is 4.90 Å². The molecule has 0 radical (unpaired) electrons. The van der Waals surface area contributed by atoms with Gasteiger partial charge in [0.1, 0.15) is 6.10 Å². The number of carbonyl (C=O) groups excluding carboxylic acids is 1. The second-order valence-corrected chi connectivity index (χ2v) is 5.89. The van der Waals surface area contributed by atoms with Crippen molar-refractivity contribution < 1.29 is 9.53 Å². The molecule has 0 bridgehead atoms. The number of aryl methyl sites for hydroxylation is 1. The highest BCUT2D eigenvalue weighted by Gasteiger charge is 2.38. The molecule has 1 amide bonds. The van der Waals surface area contributed by atoms with Crippen LogP contribution in [0.15, 0.2) is 12.3 Å². The van der Waals surface area contributed by atoms with Crippen LogP contribution in [-0.4, -0.2) is 60.7 Å². The van der Waals surface area contributed by atoms with Gasteiger partial charge in [0, 0.05) is 45.7 Å². The van der Waals surface area contributed by atoms with Gasteiger partial charge in [0.15, 0.2) is 0 Å². The third-order valence-electron chi connectivity index (χ3n) is 3.91. The van der Waals surface area contributed by atoms with Gasteiger partial charge in [-0.2, -0.15) is 0 Å². The van der Waals surface area contributed by atoms with Crippen LogP contribution in [0.1, 0.15) is 25.5 Å². The third kappa shape index (κ3) is 4.40. The van der Waals surface area contributed by atoms with E-state index in [0.717, 1.165) is 18.5 Å². The maximum absolute atomic E-state index is 12.5. The summed E-state index contributed by atoms with van der Waals surface area (Å²) in [6.07, 6.45) is 3.68. The Bertz CT molecular complexity index is 505. The summed E-state index contributed by atoms with van der Waals surface area (Å²) in [7, 11) is 3.77. The smallest absolute Gasteiger partial charge is 0.251 e. The molecular weight excluding hydrogens is 280 g/mol. The van der Waals surface area contributed by atoms with Crippen molar-refractivity contribution in [2.24, 2.45) is 5.92 Å². The average molecular weight is 306 g/mol. The molecule has 22 heavy (non-hydrogen) atoms. The number of rotatable bonds is 8.